The van der Waals surface area contributed by atoms with Gasteiger partial charge in [-0.05, 0) is 0 Å². The van der Waals surface area contributed by atoms with E-state index < -0.39 is 7.82 Å². The van der Waals surface area contributed by atoms with Crippen molar-refractivity contribution < 1.29 is 36.3 Å². The van der Waals surface area contributed by atoms with Gasteiger partial charge in [-0.15, -0.1) is 0 Å². The minimum absolute atomic E-state index is 0. The second-order valence-corrected chi connectivity index (χ2v) is 1.54. The van der Waals surface area contributed by atoms with Gasteiger partial charge < -0.3 is 14.7 Å². The first-order valence-electron chi connectivity index (χ1n) is 0.783. The van der Waals surface area contributed by atoms with Gasteiger partial charge in [0.05, 0.1) is 0 Å². The predicted octanol–water partition coefficient (Wildman–Crippen LogP) is -1.58. The van der Waals surface area contributed by atoms with Crippen molar-refractivity contribution in [1.82, 2.24) is 0 Å². The molecule has 3 N–H and O–H groups in total. The van der Waals surface area contributed by atoms with E-state index in [4.69, 9.17) is 19.2 Å². The summed E-state index contributed by atoms with van der Waals surface area (Å²) in [7, 11) is -4.64. The van der Waals surface area contributed by atoms with E-state index in [1.165, 1.54) is 0 Å². The molecule has 0 saturated carbocycles. The third-order valence-corrected chi connectivity index (χ3v) is 0. The fourth-order valence-corrected chi connectivity index (χ4v) is 0. The molecule has 7 heteroatoms. The summed E-state index contributed by atoms with van der Waals surface area (Å²) in [5.74, 6) is 0. The minimum atomic E-state index is -4.64. The number of rotatable bonds is 0. The molecule has 0 aromatic heterocycles. The Morgan fingerprint density at radius 2 is 1.14 bits per heavy atom. The van der Waals surface area contributed by atoms with Crippen molar-refractivity contribution in [2.45, 2.75) is 0 Å². The fourth-order valence-electron chi connectivity index (χ4n) is 0. The average Bonchev–Trinajstić information content (AvgIpc) is 0.722. The van der Waals surface area contributed by atoms with Crippen LogP contribution in [0.5, 0.6) is 0 Å². The molecule has 0 aromatic rings. The molecule has 0 atom stereocenters. The van der Waals surface area contributed by atoms with Gasteiger partial charge in [-0.3, -0.25) is 0 Å². The molecule has 0 fully saturated rings. The van der Waals surface area contributed by atoms with Crippen LogP contribution in [0.25, 0.3) is 0 Å². The van der Waals surface area contributed by atoms with Gasteiger partial charge in [-0.25, -0.2) is 4.57 Å². The van der Waals surface area contributed by atoms with Crippen molar-refractivity contribution in [3.63, 3.8) is 0 Å². The zero-order valence-electron chi connectivity index (χ0n) is 2.58. The molecule has 1 radical (unpaired) electrons. The summed E-state index contributed by atoms with van der Waals surface area (Å²) in [5.41, 5.74) is 0. The zero-order valence-corrected chi connectivity index (χ0v) is 4.65. The Balaban J connectivity index is -0.0000000800. The molecule has 0 spiro atoms. The summed E-state index contributed by atoms with van der Waals surface area (Å²) in [6, 6.07) is 0. The van der Waals surface area contributed by atoms with E-state index in [9.17, 15) is 0 Å². The molecule has 0 aliphatic heterocycles. The maximum atomic E-state index is 8.88. The van der Waals surface area contributed by atoms with Crippen LogP contribution in [0.4, 0.5) is 0 Å². The van der Waals surface area contributed by atoms with Gasteiger partial charge in [0.2, 0.25) is 0 Å². The van der Waals surface area contributed by atoms with Crippen molar-refractivity contribution in [3.8, 4) is 0 Å². The van der Waals surface area contributed by atoms with E-state index in [-0.39, 0.29) is 46.6 Å². The summed E-state index contributed by atoms with van der Waals surface area (Å²) in [6.45, 7) is 0. The summed E-state index contributed by atoms with van der Waals surface area (Å²) in [6.07, 6.45) is 0. The van der Waals surface area contributed by atoms with Crippen LogP contribution >= 0.6 is 7.82 Å². The summed E-state index contributed by atoms with van der Waals surface area (Å²) >= 11 is 0. The quantitative estimate of drug-likeness (QED) is 0.308. The SMILES string of the molecule is O=P(O)(O)O.[Mn].[NaH]. The number of hydrogen-bond acceptors (Lipinski definition) is 1. The first-order chi connectivity index (χ1) is 2.00. The Bertz CT molecular complexity index is 57.8. The third-order valence-electron chi connectivity index (χ3n) is 0. The Labute approximate surface area is 73.3 Å². The Morgan fingerprint density at radius 3 is 1.14 bits per heavy atom. The molecular formula is H4MnNaO4P. The van der Waals surface area contributed by atoms with Crippen LogP contribution in [0.15, 0.2) is 0 Å². The van der Waals surface area contributed by atoms with E-state index in [2.05, 4.69) is 0 Å². The molecule has 0 rings (SSSR count). The number of phosphoric acid groups is 1. The van der Waals surface area contributed by atoms with Crippen LogP contribution in [0.3, 0.4) is 0 Å². The molecular weight excluding hydrogens is 173 g/mol. The van der Waals surface area contributed by atoms with Crippen LogP contribution in [0.2, 0.25) is 0 Å². The van der Waals surface area contributed by atoms with Gasteiger partial charge in [-0.2, -0.15) is 0 Å². The van der Waals surface area contributed by atoms with Crippen molar-refractivity contribution in [1.29, 1.82) is 0 Å². The standard InChI is InChI=1S/Mn.Na.H3O4P.H/c;;1-5(2,3)4;/h;;(H3,1,2,3,4);. The van der Waals surface area contributed by atoms with Crippen molar-refractivity contribution in [2.24, 2.45) is 0 Å². The first-order valence-corrected chi connectivity index (χ1v) is 2.35. The molecule has 0 saturated heterocycles. The Kier molecular flexibility index (Phi) is 13.0. The van der Waals surface area contributed by atoms with Gasteiger partial charge >= 0.3 is 37.4 Å². The second kappa shape index (κ2) is 5.76. The monoisotopic (exact) mass is 177 g/mol. The van der Waals surface area contributed by atoms with E-state index in [0.717, 1.165) is 0 Å². The van der Waals surface area contributed by atoms with Gasteiger partial charge in [0, 0.05) is 17.1 Å². The van der Waals surface area contributed by atoms with Crippen LogP contribution in [-0.4, -0.2) is 44.2 Å². The van der Waals surface area contributed by atoms with E-state index in [0.29, 0.717) is 0 Å². The predicted molar refractivity (Wildman–Crippen MR) is 21.4 cm³/mol. The molecule has 41 valence electrons. The summed E-state index contributed by atoms with van der Waals surface area (Å²) < 4.78 is 8.88. The third kappa shape index (κ3) is 91.1. The van der Waals surface area contributed by atoms with Gasteiger partial charge in [0.25, 0.3) is 0 Å². The molecule has 7 heavy (non-hydrogen) atoms. The van der Waals surface area contributed by atoms with Crippen LogP contribution in [0, 0.1) is 0 Å². The van der Waals surface area contributed by atoms with Crippen molar-refractivity contribution in [3.05, 3.63) is 0 Å². The average molecular weight is 177 g/mol. The van der Waals surface area contributed by atoms with Crippen LogP contribution in [-0.2, 0) is 21.6 Å². The van der Waals surface area contributed by atoms with E-state index in [1.54, 1.807) is 0 Å². The molecule has 4 nitrogen and oxygen atoms in total. The Morgan fingerprint density at radius 1 is 1.14 bits per heavy atom. The molecule has 0 amide bonds. The molecule has 0 heterocycles. The topological polar surface area (TPSA) is 77.8 Å². The van der Waals surface area contributed by atoms with Crippen LogP contribution < -0.4 is 0 Å². The number of hydrogen-bond donors (Lipinski definition) is 3. The molecule has 0 aliphatic carbocycles. The van der Waals surface area contributed by atoms with Gasteiger partial charge in [0.1, 0.15) is 0 Å². The normalized spacial score (nSPS) is 8.43. The van der Waals surface area contributed by atoms with Crippen molar-refractivity contribution in [2.75, 3.05) is 0 Å². The summed E-state index contributed by atoms with van der Waals surface area (Å²) in [4.78, 5) is 21.6. The van der Waals surface area contributed by atoms with E-state index in [1.807, 2.05) is 0 Å². The molecule has 0 aromatic carbocycles. The Hall–Kier alpha value is 1.63. The van der Waals surface area contributed by atoms with Crippen molar-refractivity contribution >= 4 is 37.4 Å². The zero-order chi connectivity index (χ0) is 4.50. The van der Waals surface area contributed by atoms with Crippen LogP contribution in [0.1, 0.15) is 0 Å². The van der Waals surface area contributed by atoms with E-state index >= 15 is 0 Å². The molecule has 0 unspecified atom stereocenters. The summed E-state index contributed by atoms with van der Waals surface area (Å²) in [5, 5.41) is 0. The van der Waals surface area contributed by atoms with Gasteiger partial charge in [-0.1, -0.05) is 0 Å². The first kappa shape index (κ1) is 15.9. The second-order valence-electron chi connectivity index (χ2n) is 0.513. The molecule has 0 aliphatic rings. The van der Waals surface area contributed by atoms with Gasteiger partial charge in [0.15, 0.2) is 0 Å². The molecule has 0 bridgehead atoms. The fraction of sp³-hybridized carbons (Fsp3) is 0. The maximum absolute atomic E-state index is 8.88.